The lowest BCUT2D eigenvalue weighted by Gasteiger charge is -2.13. The minimum absolute atomic E-state index is 0.0239. The van der Waals surface area contributed by atoms with Crippen molar-refractivity contribution < 1.29 is 14.1 Å². The Balaban J connectivity index is 1.89. The molecule has 0 aliphatic rings. The molecule has 28 heavy (non-hydrogen) atoms. The van der Waals surface area contributed by atoms with Gasteiger partial charge in [0.1, 0.15) is 17.3 Å². The average Bonchev–Trinajstić information content (AvgIpc) is 3.28. The predicted octanol–water partition coefficient (Wildman–Crippen LogP) is 4.02. The number of fused-ring (bicyclic) bond motifs is 1. The molecular formula is C21H14N4O3. The van der Waals surface area contributed by atoms with Crippen LogP contribution in [0.2, 0.25) is 0 Å². The molecule has 2 heterocycles. The van der Waals surface area contributed by atoms with Crippen molar-refractivity contribution >= 4 is 22.6 Å². The number of methoxy groups -OCH3 is 1. The number of hydrogen-bond donors (Lipinski definition) is 1. The third-order valence-electron chi connectivity index (χ3n) is 4.27. The third kappa shape index (κ3) is 3.04. The SMILES string of the molecule is COc1ccc(-c2ccccc2)c2cc(C#N)c(NC(=O)c3ccno3)nc12. The van der Waals surface area contributed by atoms with Gasteiger partial charge in [0.25, 0.3) is 5.91 Å². The summed E-state index contributed by atoms with van der Waals surface area (Å²) in [5.74, 6) is 0.143. The van der Waals surface area contributed by atoms with Gasteiger partial charge in [-0.3, -0.25) is 4.79 Å². The summed E-state index contributed by atoms with van der Waals surface area (Å²) in [6, 6.07) is 18.7. The first-order chi connectivity index (χ1) is 13.7. The lowest BCUT2D eigenvalue weighted by molar-refractivity contribution is 0.0987. The van der Waals surface area contributed by atoms with Crippen molar-refractivity contribution in [3.8, 4) is 22.9 Å². The molecule has 2 aromatic heterocycles. The molecule has 1 amide bonds. The Hall–Kier alpha value is -4.18. The van der Waals surface area contributed by atoms with E-state index in [4.69, 9.17) is 9.26 Å². The largest absolute Gasteiger partial charge is 0.494 e. The molecule has 7 nitrogen and oxygen atoms in total. The minimum atomic E-state index is -0.543. The van der Waals surface area contributed by atoms with Crippen LogP contribution < -0.4 is 10.1 Å². The highest BCUT2D eigenvalue weighted by molar-refractivity contribution is 6.05. The molecule has 0 saturated carbocycles. The van der Waals surface area contributed by atoms with Crippen molar-refractivity contribution in [2.24, 2.45) is 0 Å². The Morgan fingerprint density at radius 1 is 1.18 bits per heavy atom. The molecule has 0 saturated heterocycles. The van der Waals surface area contributed by atoms with Gasteiger partial charge in [0.05, 0.1) is 18.9 Å². The number of nitriles is 1. The maximum atomic E-state index is 12.3. The van der Waals surface area contributed by atoms with E-state index >= 15 is 0 Å². The summed E-state index contributed by atoms with van der Waals surface area (Å²) in [6.07, 6.45) is 1.36. The highest BCUT2D eigenvalue weighted by Gasteiger charge is 2.18. The Morgan fingerprint density at radius 3 is 2.68 bits per heavy atom. The summed E-state index contributed by atoms with van der Waals surface area (Å²) in [7, 11) is 1.55. The fourth-order valence-electron chi connectivity index (χ4n) is 2.95. The number of benzene rings is 2. The molecular weight excluding hydrogens is 356 g/mol. The number of rotatable bonds is 4. The van der Waals surface area contributed by atoms with Crippen LogP contribution in [0, 0.1) is 11.3 Å². The van der Waals surface area contributed by atoms with Crippen LogP contribution >= 0.6 is 0 Å². The topological polar surface area (TPSA) is 101 Å². The number of nitrogens with one attached hydrogen (secondary N) is 1. The van der Waals surface area contributed by atoms with Crippen LogP contribution in [-0.2, 0) is 0 Å². The van der Waals surface area contributed by atoms with Gasteiger partial charge in [0.2, 0.25) is 5.76 Å². The van der Waals surface area contributed by atoms with Crippen LogP contribution in [0.4, 0.5) is 5.82 Å². The molecule has 0 atom stereocenters. The lowest BCUT2D eigenvalue weighted by atomic mass is 9.99. The number of ether oxygens (including phenoxy) is 1. The number of anilines is 1. The van der Waals surface area contributed by atoms with Gasteiger partial charge >= 0.3 is 0 Å². The van der Waals surface area contributed by atoms with E-state index in [0.717, 1.165) is 16.5 Å². The number of carbonyl (C=O) groups is 1. The van der Waals surface area contributed by atoms with Crippen molar-refractivity contribution in [3.05, 3.63) is 72.1 Å². The monoisotopic (exact) mass is 370 g/mol. The van der Waals surface area contributed by atoms with Gasteiger partial charge in [-0.05, 0) is 29.3 Å². The number of aromatic nitrogens is 2. The second kappa shape index (κ2) is 7.21. The molecule has 4 rings (SSSR count). The van der Waals surface area contributed by atoms with E-state index in [1.54, 1.807) is 13.2 Å². The normalized spacial score (nSPS) is 10.4. The predicted molar refractivity (Wildman–Crippen MR) is 103 cm³/mol. The molecule has 0 radical (unpaired) electrons. The third-order valence-corrected chi connectivity index (χ3v) is 4.27. The number of nitrogens with zero attached hydrogens (tertiary/aromatic N) is 3. The fraction of sp³-hybridized carbons (Fsp3) is 0.0476. The molecule has 1 N–H and O–H groups in total. The van der Waals surface area contributed by atoms with E-state index in [9.17, 15) is 10.1 Å². The summed E-state index contributed by atoms with van der Waals surface area (Å²) in [5, 5.41) is 16.5. The summed E-state index contributed by atoms with van der Waals surface area (Å²) >= 11 is 0. The number of amides is 1. The second-order valence-electron chi connectivity index (χ2n) is 5.90. The Labute approximate surface area is 160 Å². The molecule has 136 valence electrons. The second-order valence-corrected chi connectivity index (χ2v) is 5.90. The Morgan fingerprint density at radius 2 is 2.00 bits per heavy atom. The quantitative estimate of drug-likeness (QED) is 0.582. The van der Waals surface area contributed by atoms with E-state index in [0.29, 0.717) is 11.3 Å². The van der Waals surface area contributed by atoms with E-state index in [1.165, 1.54) is 12.3 Å². The van der Waals surface area contributed by atoms with Crippen LogP contribution in [0.1, 0.15) is 16.1 Å². The summed E-state index contributed by atoms with van der Waals surface area (Å²) in [4.78, 5) is 16.8. The molecule has 7 heteroatoms. The number of hydrogen-bond acceptors (Lipinski definition) is 6. The maximum Gasteiger partial charge on any atom is 0.295 e. The van der Waals surface area contributed by atoms with Crippen LogP contribution in [-0.4, -0.2) is 23.2 Å². The highest BCUT2D eigenvalue weighted by Crippen LogP contribution is 2.35. The van der Waals surface area contributed by atoms with Gasteiger partial charge < -0.3 is 14.6 Å². The molecule has 0 fully saturated rings. The summed E-state index contributed by atoms with van der Waals surface area (Å²) in [5.41, 5.74) is 2.66. The van der Waals surface area contributed by atoms with E-state index in [-0.39, 0.29) is 17.1 Å². The van der Waals surface area contributed by atoms with Gasteiger partial charge in [0.15, 0.2) is 5.82 Å². The number of pyridine rings is 1. The van der Waals surface area contributed by atoms with Gasteiger partial charge in [0, 0.05) is 11.5 Å². The van der Waals surface area contributed by atoms with Crippen molar-refractivity contribution in [1.82, 2.24) is 10.1 Å². The van der Waals surface area contributed by atoms with Crippen LogP contribution in [0.25, 0.3) is 22.0 Å². The summed E-state index contributed by atoms with van der Waals surface area (Å²) < 4.78 is 10.3. The fourth-order valence-corrected chi connectivity index (χ4v) is 2.95. The van der Waals surface area contributed by atoms with Gasteiger partial charge in [-0.25, -0.2) is 4.98 Å². The van der Waals surface area contributed by atoms with Crippen LogP contribution in [0.3, 0.4) is 0 Å². The Kier molecular flexibility index (Phi) is 4.44. The first-order valence-electron chi connectivity index (χ1n) is 8.40. The Bertz CT molecular complexity index is 1200. The van der Waals surface area contributed by atoms with Crippen molar-refractivity contribution in [1.29, 1.82) is 5.26 Å². The van der Waals surface area contributed by atoms with E-state index in [1.807, 2.05) is 42.5 Å². The molecule has 0 bridgehead atoms. The molecule has 2 aromatic carbocycles. The molecule has 0 aliphatic carbocycles. The summed E-state index contributed by atoms with van der Waals surface area (Å²) in [6.45, 7) is 0. The zero-order valence-corrected chi connectivity index (χ0v) is 14.8. The first-order valence-corrected chi connectivity index (χ1v) is 8.40. The standard InChI is InChI=1S/C21H14N4O3/c1-27-17-8-7-15(13-5-3-2-4-6-13)16-11-14(12-22)20(24-19(16)17)25-21(26)18-9-10-23-28-18/h2-11H,1H3,(H,24,25,26). The first kappa shape index (κ1) is 17.2. The van der Waals surface area contributed by atoms with Crippen molar-refractivity contribution in [3.63, 3.8) is 0 Å². The molecule has 0 aliphatic heterocycles. The van der Waals surface area contributed by atoms with Crippen molar-refractivity contribution in [2.75, 3.05) is 12.4 Å². The smallest absolute Gasteiger partial charge is 0.295 e. The van der Waals surface area contributed by atoms with Gasteiger partial charge in [-0.15, -0.1) is 0 Å². The van der Waals surface area contributed by atoms with E-state index < -0.39 is 5.91 Å². The van der Waals surface area contributed by atoms with E-state index in [2.05, 4.69) is 21.5 Å². The van der Waals surface area contributed by atoms with Crippen LogP contribution in [0.5, 0.6) is 5.75 Å². The van der Waals surface area contributed by atoms with Gasteiger partial charge in [-0.2, -0.15) is 5.26 Å². The highest BCUT2D eigenvalue weighted by atomic mass is 16.5. The molecule has 0 unspecified atom stereocenters. The van der Waals surface area contributed by atoms with Crippen LogP contribution in [0.15, 0.2) is 65.3 Å². The maximum absolute atomic E-state index is 12.3. The molecule has 0 spiro atoms. The minimum Gasteiger partial charge on any atom is -0.494 e. The van der Waals surface area contributed by atoms with Gasteiger partial charge in [-0.1, -0.05) is 35.5 Å². The lowest BCUT2D eigenvalue weighted by Crippen LogP contribution is -2.13. The number of carbonyl (C=O) groups excluding carboxylic acids is 1. The van der Waals surface area contributed by atoms with Crippen molar-refractivity contribution in [2.45, 2.75) is 0 Å². The average molecular weight is 370 g/mol. The zero-order valence-electron chi connectivity index (χ0n) is 14.8. The zero-order chi connectivity index (χ0) is 19.5. The molecule has 4 aromatic rings.